The van der Waals surface area contributed by atoms with E-state index < -0.39 is 0 Å². The Hall–Kier alpha value is -5.70. The number of rotatable bonds is 3. The Bertz CT molecular complexity index is 2790. The van der Waals surface area contributed by atoms with Gasteiger partial charge >= 0.3 is 0 Å². The molecule has 0 N–H and O–H groups in total. The molecule has 0 unspecified atom stereocenters. The van der Waals surface area contributed by atoms with Crippen molar-refractivity contribution in [2.75, 3.05) is 0 Å². The van der Waals surface area contributed by atoms with Gasteiger partial charge in [-0.1, -0.05) is 152 Å². The molecule has 2 heteroatoms. The molecule has 7 aromatic carbocycles. The van der Waals surface area contributed by atoms with Crippen LogP contribution in [-0.2, 0) is 0 Å². The Morgan fingerprint density at radius 1 is 0.348 bits per heavy atom. The van der Waals surface area contributed by atoms with Crippen LogP contribution in [0.5, 0.6) is 0 Å². The molecule has 0 amide bonds. The van der Waals surface area contributed by atoms with Gasteiger partial charge in [-0.15, -0.1) is 11.3 Å². The number of benzene rings is 7. The van der Waals surface area contributed by atoms with E-state index in [1.54, 1.807) is 0 Å². The van der Waals surface area contributed by atoms with Crippen LogP contribution in [0.2, 0.25) is 0 Å². The molecular formula is C44H27NS. The number of aromatic nitrogens is 1. The average molecular weight is 602 g/mol. The second-order valence-electron chi connectivity index (χ2n) is 12.1. The van der Waals surface area contributed by atoms with E-state index in [-0.39, 0.29) is 0 Å². The smallest absolute Gasteiger partial charge is 0.0625 e. The summed E-state index contributed by atoms with van der Waals surface area (Å²) in [4.78, 5) is 0. The van der Waals surface area contributed by atoms with E-state index in [2.05, 4.69) is 168 Å². The highest BCUT2D eigenvalue weighted by atomic mass is 32.1. The van der Waals surface area contributed by atoms with Gasteiger partial charge in [-0.05, 0) is 45.3 Å². The summed E-state index contributed by atoms with van der Waals surface area (Å²) in [5.41, 5.74) is 11.3. The Labute approximate surface area is 270 Å². The first-order valence-electron chi connectivity index (χ1n) is 15.8. The quantitative estimate of drug-likeness (QED) is 0.177. The Morgan fingerprint density at radius 2 is 0.913 bits per heavy atom. The standard InChI is InChI=1S/C44H27NS/c1-3-13-28(14-4-1)31-20-11-22-36-37-23-12-21-32(44(37)46-43(31)36)30-25-26-38-40(27-30)45-39-24-10-9-18-34(39)33-17-7-8-19-35(33)42(45)41(38)29-15-5-2-6-16-29/h1-27H. The lowest BCUT2D eigenvalue weighted by molar-refractivity contribution is 1.35. The van der Waals surface area contributed by atoms with Crippen molar-refractivity contribution >= 4 is 69.6 Å². The molecule has 0 saturated carbocycles. The van der Waals surface area contributed by atoms with Crippen LogP contribution in [0.15, 0.2) is 164 Å². The molecular weight excluding hydrogens is 575 g/mol. The highest BCUT2D eigenvalue weighted by Crippen LogP contribution is 2.46. The molecule has 214 valence electrons. The molecule has 0 bridgehead atoms. The van der Waals surface area contributed by atoms with Crippen molar-refractivity contribution < 1.29 is 0 Å². The number of pyridine rings is 1. The predicted molar refractivity (Wildman–Crippen MR) is 199 cm³/mol. The molecule has 1 nitrogen and oxygen atoms in total. The van der Waals surface area contributed by atoms with Gasteiger partial charge in [0.1, 0.15) is 0 Å². The van der Waals surface area contributed by atoms with Crippen LogP contribution in [0.1, 0.15) is 0 Å². The number of nitrogens with zero attached hydrogens (tertiary/aromatic N) is 1. The monoisotopic (exact) mass is 601 g/mol. The van der Waals surface area contributed by atoms with Crippen LogP contribution in [0.3, 0.4) is 0 Å². The van der Waals surface area contributed by atoms with E-state index in [0.29, 0.717) is 0 Å². The third kappa shape index (κ3) is 3.62. The first kappa shape index (κ1) is 25.6. The van der Waals surface area contributed by atoms with Gasteiger partial charge < -0.3 is 4.40 Å². The molecule has 46 heavy (non-hydrogen) atoms. The van der Waals surface area contributed by atoms with Gasteiger partial charge in [-0.2, -0.15) is 0 Å². The SMILES string of the molecule is c1ccc(-c2cccc3c2sc2c(-c4ccc5c(-c6ccccc6)c6c7ccccc7c7ccccc7n6c5c4)cccc23)cc1. The van der Waals surface area contributed by atoms with Crippen molar-refractivity contribution in [3.63, 3.8) is 0 Å². The van der Waals surface area contributed by atoms with E-state index in [1.165, 1.54) is 91.6 Å². The summed E-state index contributed by atoms with van der Waals surface area (Å²) in [6.45, 7) is 0. The van der Waals surface area contributed by atoms with Crippen molar-refractivity contribution in [2.45, 2.75) is 0 Å². The van der Waals surface area contributed by atoms with E-state index in [4.69, 9.17) is 0 Å². The van der Waals surface area contributed by atoms with Gasteiger partial charge in [-0.25, -0.2) is 0 Å². The summed E-state index contributed by atoms with van der Waals surface area (Å²) < 4.78 is 5.19. The van der Waals surface area contributed by atoms with Crippen LogP contribution >= 0.6 is 11.3 Å². The molecule has 0 atom stereocenters. The van der Waals surface area contributed by atoms with E-state index in [1.807, 2.05) is 11.3 Å². The van der Waals surface area contributed by atoms with Crippen molar-refractivity contribution in [1.29, 1.82) is 0 Å². The van der Waals surface area contributed by atoms with Gasteiger partial charge in [0, 0.05) is 41.9 Å². The second kappa shape index (κ2) is 9.90. The summed E-state index contributed by atoms with van der Waals surface area (Å²) in [7, 11) is 0. The van der Waals surface area contributed by atoms with Crippen molar-refractivity contribution in [2.24, 2.45) is 0 Å². The maximum absolute atomic E-state index is 2.51. The highest BCUT2D eigenvalue weighted by Gasteiger charge is 2.21. The van der Waals surface area contributed by atoms with Gasteiger partial charge in [0.15, 0.2) is 0 Å². The number of fused-ring (bicyclic) bond motifs is 11. The largest absolute Gasteiger partial charge is 0.308 e. The number of para-hydroxylation sites is 1. The van der Waals surface area contributed by atoms with Crippen molar-refractivity contribution in [3.8, 4) is 33.4 Å². The zero-order valence-corrected chi connectivity index (χ0v) is 25.8. The fraction of sp³-hybridized carbons (Fsp3) is 0. The summed E-state index contributed by atoms with van der Waals surface area (Å²) in [5.74, 6) is 0. The lowest BCUT2D eigenvalue weighted by Gasteiger charge is -2.11. The minimum atomic E-state index is 1.23. The number of hydrogen-bond donors (Lipinski definition) is 0. The summed E-state index contributed by atoms with van der Waals surface area (Å²) in [6.07, 6.45) is 0. The van der Waals surface area contributed by atoms with Crippen molar-refractivity contribution in [1.82, 2.24) is 4.40 Å². The minimum absolute atomic E-state index is 1.23. The third-order valence-electron chi connectivity index (χ3n) is 9.57. The third-order valence-corrected chi connectivity index (χ3v) is 10.9. The Balaban J connectivity index is 1.32. The summed E-state index contributed by atoms with van der Waals surface area (Å²) in [5, 5.41) is 7.74. The molecule has 0 aliphatic heterocycles. The fourth-order valence-corrected chi connectivity index (χ4v) is 8.94. The zero-order valence-electron chi connectivity index (χ0n) is 24.9. The maximum Gasteiger partial charge on any atom is 0.0625 e. The van der Waals surface area contributed by atoms with Gasteiger partial charge in [0.25, 0.3) is 0 Å². The molecule has 0 aliphatic carbocycles. The van der Waals surface area contributed by atoms with Crippen LogP contribution < -0.4 is 0 Å². The zero-order chi connectivity index (χ0) is 30.2. The van der Waals surface area contributed by atoms with Crippen LogP contribution in [0.4, 0.5) is 0 Å². The predicted octanol–water partition coefficient (Wildman–Crippen LogP) is 12.8. The average Bonchev–Trinajstić information content (AvgIpc) is 3.69. The Morgan fingerprint density at radius 3 is 1.63 bits per heavy atom. The number of thiophene rings is 1. The van der Waals surface area contributed by atoms with Gasteiger partial charge in [0.2, 0.25) is 0 Å². The molecule has 10 aromatic rings. The second-order valence-corrected chi connectivity index (χ2v) is 13.1. The lowest BCUT2D eigenvalue weighted by atomic mass is 9.97. The molecule has 0 aliphatic rings. The Kier molecular flexibility index (Phi) is 5.51. The normalized spacial score (nSPS) is 11.9. The fourth-order valence-electron chi connectivity index (χ4n) is 7.57. The number of hydrogen-bond acceptors (Lipinski definition) is 1. The van der Waals surface area contributed by atoms with E-state index in [0.717, 1.165) is 0 Å². The molecule has 3 aromatic heterocycles. The molecule has 0 fully saturated rings. The first-order valence-corrected chi connectivity index (χ1v) is 16.6. The van der Waals surface area contributed by atoms with Gasteiger partial charge in [-0.3, -0.25) is 0 Å². The highest BCUT2D eigenvalue weighted by molar-refractivity contribution is 7.26. The molecule has 0 spiro atoms. The molecule has 0 saturated heterocycles. The maximum atomic E-state index is 2.51. The van der Waals surface area contributed by atoms with E-state index in [9.17, 15) is 0 Å². The van der Waals surface area contributed by atoms with E-state index >= 15 is 0 Å². The van der Waals surface area contributed by atoms with Crippen LogP contribution in [-0.4, -0.2) is 4.40 Å². The van der Waals surface area contributed by atoms with Crippen LogP contribution in [0.25, 0.3) is 91.6 Å². The lowest BCUT2D eigenvalue weighted by Crippen LogP contribution is -1.91. The molecule has 3 heterocycles. The summed E-state index contributed by atoms with van der Waals surface area (Å²) >= 11 is 1.91. The van der Waals surface area contributed by atoms with Crippen LogP contribution in [0, 0.1) is 0 Å². The first-order chi connectivity index (χ1) is 22.8. The minimum Gasteiger partial charge on any atom is -0.308 e. The van der Waals surface area contributed by atoms with Crippen molar-refractivity contribution in [3.05, 3.63) is 164 Å². The summed E-state index contributed by atoms with van der Waals surface area (Å²) in [6, 6.07) is 60.0. The topological polar surface area (TPSA) is 4.41 Å². The molecule has 10 rings (SSSR count). The molecule has 0 radical (unpaired) electrons. The van der Waals surface area contributed by atoms with Gasteiger partial charge in [0.05, 0.1) is 16.6 Å².